The van der Waals surface area contributed by atoms with E-state index in [4.69, 9.17) is 9.47 Å². The smallest absolute Gasteiger partial charge is 0.344 e. The molecule has 0 atom stereocenters. The lowest BCUT2D eigenvalue weighted by molar-refractivity contribution is -0.145. The molecular weight excluding hydrogens is 270 g/mol. The zero-order chi connectivity index (χ0) is 15.1. The van der Waals surface area contributed by atoms with Crippen LogP contribution < -0.4 is 0 Å². The molecule has 1 aliphatic heterocycles. The molecule has 0 amide bonds. The minimum Gasteiger partial charge on any atom is -0.467 e. The van der Waals surface area contributed by atoms with E-state index in [1.807, 2.05) is 30.1 Å². The quantitative estimate of drug-likeness (QED) is 0.776. The van der Waals surface area contributed by atoms with Crippen molar-refractivity contribution in [3.05, 3.63) is 36.2 Å². The first-order valence-electron chi connectivity index (χ1n) is 6.98. The fourth-order valence-electron chi connectivity index (χ4n) is 1.98. The lowest BCUT2D eigenvalue weighted by atomic mass is 10.1. The summed E-state index contributed by atoms with van der Waals surface area (Å²) in [6.07, 6.45) is 6.08. The Morgan fingerprint density at radius 1 is 1.33 bits per heavy atom. The molecule has 6 nitrogen and oxygen atoms in total. The highest BCUT2D eigenvalue weighted by Crippen LogP contribution is 2.23. The second kappa shape index (κ2) is 7.42. The van der Waals surface area contributed by atoms with Gasteiger partial charge in [-0.15, -0.1) is 5.10 Å². The second-order valence-corrected chi connectivity index (χ2v) is 4.33. The highest BCUT2D eigenvalue weighted by atomic mass is 16.6. The lowest BCUT2D eigenvalue weighted by Crippen LogP contribution is -2.25. The fourth-order valence-corrected chi connectivity index (χ4v) is 1.98. The van der Waals surface area contributed by atoms with Crippen LogP contribution in [-0.2, 0) is 14.3 Å². The maximum Gasteiger partial charge on any atom is 0.344 e. The molecule has 0 spiro atoms. The third-order valence-corrected chi connectivity index (χ3v) is 2.92. The van der Waals surface area contributed by atoms with Crippen LogP contribution in [0.4, 0.5) is 0 Å². The van der Waals surface area contributed by atoms with Gasteiger partial charge in [0.25, 0.3) is 0 Å². The van der Waals surface area contributed by atoms with Gasteiger partial charge in [0.1, 0.15) is 0 Å². The summed E-state index contributed by atoms with van der Waals surface area (Å²) in [7, 11) is 0. The van der Waals surface area contributed by atoms with E-state index < -0.39 is 0 Å². The average molecular weight is 289 g/mol. The monoisotopic (exact) mass is 289 g/mol. The van der Waals surface area contributed by atoms with Gasteiger partial charge in [-0.05, 0) is 32.1 Å². The Morgan fingerprint density at radius 2 is 2.10 bits per heavy atom. The first-order valence-corrected chi connectivity index (χ1v) is 6.98. The van der Waals surface area contributed by atoms with Gasteiger partial charge < -0.3 is 9.47 Å². The molecule has 0 aromatic carbocycles. The summed E-state index contributed by atoms with van der Waals surface area (Å²) < 4.78 is 10.2. The van der Waals surface area contributed by atoms with Crippen LogP contribution in [0.1, 0.15) is 25.8 Å². The van der Waals surface area contributed by atoms with Gasteiger partial charge in [0.05, 0.1) is 12.3 Å². The molecule has 21 heavy (non-hydrogen) atoms. The van der Waals surface area contributed by atoms with Crippen molar-refractivity contribution in [3.8, 4) is 0 Å². The normalized spacial score (nSPS) is 14.3. The number of carbonyl (C=O) groups excluding carboxylic acids is 1. The minimum absolute atomic E-state index is 0.108. The number of aromatic nitrogens is 1. The van der Waals surface area contributed by atoms with Crippen LogP contribution in [0.2, 0.25) is 0 Å². The van der Waals surface area contributed by atoms with Crippen LogP contribution in [0.3, 0.4) is 0 Å². The van der Waals surface area contributed by atoms with Crippen molar-refractivity contribution >= 4 is 17.6 Å². The number of ether oxygens (including phenoxy) is 2. The molecule has 1 aliphatic rings. The van der Waals surface area contributed by atoms with E-state index in [2.05, 4.69) is 10.1 Å². The SMILES string of the molecule is CCOC(=O)COC1=NN(CC)C(c2ccncc2)=CC1. The summed E-state index contributed by atoms with van der Waals surface area (Å²) in [5, 5.41) is 6.27. The summed E-state index contributed by atoms with van der Waals surface area (Å²) in [6, 6.07) is 3.88. The average Bonchev–Trinajstić information content (AvgIpc) is 2.54. The Labute approximate surface area is 124 Å². The van der Waals surface area contributed by atoms with Crippen molar-refractivity contribution in [2.24, 2.45) is 5.10 Å². The van der Waals surface area contributed by atoms with E-state index in [0.717, 1.165) is 11.3 Å². The molecule has 6 heteroatoms. The van der Waals surface area contributed by atoms with E-state index >= 15 is 0 Å². The third kappa shape index (κ3) is 4.05. The summed E-state index contributed by atoms with van der Waals surface area (Å²) in [5.74, 6) is 0.134. The molecule has 0 saturated heterocycles. The number of hydrogen-bond acceptors (Lipinski definition) is 6. The summed E-state index contributed by atoms with van der Waals surface area (Å²) in [6.45, 7) is 4.72. The fraction of sp³-hybridized carbons (Fsp3) is 0.400. The van der Waals surface area contributed by atoms with Crippen molar-refractivity contribution in [2.75, 3.05) is 19.8 Å². The van der Waals surface area contributed by atoms with Crippen molar-refractivity contribution in [3.63, 3.8) is 0 Å². The molecule has 0 bridgehead atoms. The zero-order valence-electron chi connectivity index (χ0n) is 12.3. The molecule has 0 saturated carbocycles. The van der Waals surface area contributed by atoms with Gasteiger partial charge in [0.2, 0.25) is 5.90 Å². The Hall–Kier alpha value is -2.37. The maximum absolute atomic E-state index is 11.3. The first-order chi connectivity index (χ1) is 10.2. The number of carbonyl (C=O) groups is 1. The highest BCUT2D eigenvalue weighted by Gasteiger charge is 2.17. The molecule has 0 fully saturated rings. The molecule has 0 aliphatic carbocycles. The first kappa shape index (κ1) is 15.0. The zero-order valence-corrected chi connectivity index (χ0v) is 12.3. The summed E-state index contributed by atoms with van der Waals surface area (Å²) >= 11 is 0. The van der Waals surface area contributed by atoms with Gasteiger partial charge >= 0.3 is 5.97 Å². The van der Waals surface area contributed by atoms with E-state index in [9.17, 15) is 4.79 Å². The van der Waals surface area contributed by atoms with Crippen molar-refractivity contribution < 1.29 is 14.3 Å². The van der Waals surface area contributed by atoms with Gasteiger partial charge in [0, 0.05) is 30.9 Å². The number of hydrazone groups is 1. The molecule has 112 valence electrons. The summed E-state index contributed by atoms with van der Waals surface area (Å²) in [5.41, 5.74) is 2.07. The molecule has 0 unspecified atom stereocenters. The maximum atomic E-state index is 11.3. The Bertz CT molecular complexity index is 540. The van der Waals surface area contributed by atoms with Crippen LogP contribution in [0, 0.1) is 0 Å². The third-order valence-electron chi connectivity index (χ3n) is 2.92. The largest absolute Gasteiger partial charge is 0.467 e. The van der Waals surface area contributed by atoms with Gasteiger partial charge in [-0.25, -0.2) is 4.79 Å². The highest BCUT2D eigenvalue weighted by molar-refractivity contribution is 5.84. The Balaban J connectivity index is 2.01. The topological polar surface area (TPSA) is 64.0 Å². The number of rotatable bonds is 5. The number of esters is 1. The predicted octanol–water partition coefficient (Wildman–Crippen LogP) is 2.04. The minimum atomic E-state index is -0.382. The molecule has 2 heterocycles. The van der Waals surface area contributed by atoms with E-state index in [1.54, 1.807) is 19.3 Å². The molecule has 1 aromatic heterocycles. The molecule has 0 N–H and O–H groups in total. The van der Waals surface area contributed by atoms with Crippen molar-refractivity contribution in [1.82, 2.24) is 9.99 Å². The van der Waals surface area contributed by atoms with Crippen molar-refractivity contribution in [2.45, 2.75) is 20.3 Å². The van der Waals surface area contributed by atoms with Crippen LogP contribution in [0.5, 0.6) is 0 Å². The molecule has 2 rings (SSSR count). The Morgan fingerprint density at radius 3 is 2.76 bits per heavy atom. The number of nitrogens with zero attached hydrogens (tertiary/aromatic N) is 3. The molecule has 0 radical (unpaired) electrons. The van der Waals surface area contributed by atoms with Crippen LogP contribution in [-0.4, -0.2) is 41.6 Å². The van der Waals surface area contributed by atoms with Crippen LogP contribution in [0.15, 0.2) is 35.7 Å². The standard InChI is InChI=1S/C15H19N3O3/c1-3-18-13(12-7-9-16-10-8-12)5-6-14(17-18)21-11-15(19)20-4-2/h5,7-10H,3-4,6,11H2,1-2H3. The summed E-state index contributed by atoms with van der Waals surface area (Å²) in [4.78, 5) is 15.3. The van der Waals surface area contributed by atoms with E-state index in [1.165, 1.54) is 0 Å². The van der Waals surface area contributed by atoms with Gasteiger partial charge in [0.15, 0.2) is 6.61 Å². The predicted molar refractivity (Wildman–Crippen MR) is 79.2 cm³/mol. The van der Waals surface area contributed by atoms with E-state index in [0.29, 0.717) is 25.5 Å². The van der Waals surface area contributed by atoms with E-state index in [-0.39, 0.29) is 12.6 Å². The number of hydrogen-bond donors (Lipinski definition) is 0. The lowest BCUT2D eigenvalue weighted by Gasteiger charge is -2.25. The van der Waals surface area contributed by atoms with Crippen LogP contribution >= 0.6 is 0 Å². The molecule has 1 aromatic rings. The Kier molecular flexibility index (Phi) is 5.31. The number of pyridine rings is 1. The second-order valence-electron chi connectivity index (χ2n) is 4.33. The molecular formula is C15H19N3O3. The van der Waals surface area contributed by atoms with Gasteiger partial charge in [-0.1, -0.05) is 0 Å². The van der Waals surface area contributed by atoms with Crippen molar-refractivity contribution in [1.29, 1.82) is 0 Å². The van der Waals surface area contributed by atoms with Gasteiger partial charge in [-0.2, -0.15) is 0 Å². The van der Waals surface area contributed by atoms with Gasteiger partial charge in [-0.3, -0.25) is 9.99 Å². The van der Waals surface area contributed by atoms with Crippen LogP contribution in [0.25, 0.3) is 5.70 Å².